The molecule has 0 saturated carbocycles. The summed E-state index contributed by atoms with van der Waals surface area (Å²) in [6, 6.07) is -0.407. The van der Waals surface area contributed by atoms with E-state index in [1.54, 1.807) is 0 Å². The largest absolute Gasteiger partial charge is 0.317 e. The lowest BCUT2D eigenvalue weighted by Gasteiger charge is -2.31. The van der Waals surface area contributed by atoms with E-state index in [0.29, 0.717) is 30.2 Å². The van der Waals surface area contributed by atoms with Crippen LogP contribution in [0.1, 0.15) is 12.8 Å². The van der Waals surface area contributed by atoms with Crippen LogP contribution in [0.2, 0.25) is 0 Å². The van der Waals surface area contributed by atoms with Gasteiger partial charge in [-0.3, -0.25) is 0 Å². The van der Waals surface area contributed by atoms with E-state index < -0.39 is 29.2 Å². The van der Waals surface area contributed by atoms with E-state index in [2.05, 4.69) is 5.32 Å². The Morgan fingerprint density at radius 1 is 1.40 bits per heavy atom. The van der Waals surface area contributed by atoms with Crippen molar-refractivity contribution in [2.45, 2.75) is 25.3 Å². The van der Waals surface area contributed by atoms with Gasteiger partial charge >= 0.3 is 0 Å². The Morgan fingerprint density at radius 2 is 1.93 bits per heavy atom. The van der Waals surface area contributed by atoms with Crippen LogP contribution in [0.4, 0.5) is 8.78 Å². The fourth-order valence-electron chi connectivity index (χ4n) is 1.69. The highest BCUT2D eigenvalue weighted by atomic mass is 32.2. The quantitative estimate of drug-likeness (QED) is 0.699. The molecular weight excluding hydrogens is 228 g/mol. The van der Waals surface area contributed by atoms with Crippen LogP contribution in [0.25, 0.3) is 0 Å². The Labute approximate surface area is 87.8 Å². The number of hydrogen-bond acceptors (Lipinski definition) is 3. The molecule has 1 aliphatic rings. The van der Waals surface area contributed by atoms with Gasteiger partial charge in [-0.15, -0.1) is 0 Å². The molecule has 0 aromatic rings. The zero-order valence-electron chi connectivity index (χ0n) is 8.20. The van der Waals surface area contributed by atoms with Crippen molar-refractivity contribution in [1.82, 2.24) is 9.62 Å². The van der Waals surface area contributed by atoms with Gasteiger partial charge in [0.15, 0.2) is 0 Å². The van der Waals surface area contributed by atoms with Crippen molar-refractivity contribution in [2.24, 2.45) is 5.14 Å². The van der Waals surface area contributed by atoms with Gasteiger partial charge in [0.1, 0.15) is 0 Å². The third kappa shape index (κ3) is 3.98. The summed E-state index contributed by atoms with van der Waals surface area (Å²) < 4.78 is 47.3. The number of hydrogen-bond donors (Lipinski definition) is 2. The first-order chi connectivity index (χ1) is 6.91. The molecule has 0 spiro atoms. The van der Waals surface area contributed by atoms with E-state index in [0.717, 1.165) is 0 Å². The van der Waals surface area contributed by atoms with Gasteiger partial charge in [-0.25, -0.2) is 13.9 Å². The van der Waals surface area contributed by atoms with E-state index in [1.165, 1.54) is 0 Å². The summed E-state index contributed by atoms with van der Waals surface area (Å²) in [5.41, 5.74) is 0. The van der Waals surface area contributed by atoms with Crippen molar-refractivity contribution >= 4 is 10.2 Å². The summed E-state index contributed by atoms with van der Waals surface area (Å²) in [5, 5.41) is 7.93. The average Bonchev–Trinajstić information content (AvgIpc) is 2.14. The van der Waals surface area contributed by atoms with Crippen molar-refractivity contribution in [1.29, 1.82) is 0 Å². The Morgan fingerprint density at radius 3 is 2.33 bits per heavy atom. The van der Waals surface area contributed by atoms with Crippen LogP contribution < -0.4 is 10.5 Å². The fraction of sp³-hybridized carbons (Fsp3) is 1.00. The summed E-state index contributed by atoms with van der Waals surface area (Å²) in [6.07, 6.45) is -1.66. The first kappa shape index (κ1) is 12.8. The number of nitrogens with zero attached hydrogens (tertiary/aromatic N) is 1. The number of piperidine rings is 1. The van der Waals surface area contributed by atoms with Gasteiger partial charge in [-0.1, -0.05) is 0 Å². The predicted molar refractivity (Wildman–Crippen MR) is 51.7 cm³/mol. The van der Waals surface area contributed by atoms with E-state index in [1.807, 2.05) is 0 Å². The van der Waals surface area contributed by atoms with Crippen LogP contribution in [-0.4, -0.2) is 44.8 Å². The lowest BCUT2D eigenvalue weighted by atomic mass is 10.1. The first-order valence-corrected chi connectivity index (χ1v) is 6.20. The molecule has 1 heterocycles. The van der Waals surface area contributed by atoms with Gasteiger partial charge in [-0.2, -0.15) is 12.7 Å². The summed E-state index contributed by atoms with van der Waals surface area (Å²) in [5.74, 6) is 0. The van der Waals surface area contributed by atoms with Gasteiger partial charge < -0.3 is 5.32 Å². The number of alkyl halides is 2. The Hall–Kier alpha value is -0.310. The minimum atomic E-state index is -4.03. The molecule has 0 aromatic carbocycles. The molecule has 1 aliphatic heterocycles. The van der Waals surface area contributed by atoms with Crippen LogP contribution in [0, 0.1) is 0 Å². The van der Waals surface area contributed by atoms with Gasteiger partial charge in [0.05, 0.1) is 6.54 Å². The average molecular weight is 243 g/mol. The molecule has 1 fully saturated rings. The molecule has 90 valence electrons. The third-order valence-electron chi connectivity index (χ3n) is 2.36. The highest BCUT2D eigenvalue weighted by Gasteiger charge is 2.30. The lowest BCUT2D eigenvalue weighted by molar-refractivity contribution is 0.100. The molecule has 0 aromatic heterocycles. The van der Waals surface area contributed by atoms with Crippen molar-refractivity contribution < 1.29 is 17.2 Å². The number of rotatable bonds is 4. The molecule has 15 heavy (non-hydrogen) atoms. The zero-order valence-corrected chi connectivity index (χ0v) is 9.01. The molecule has 0 atom stereocenters. The maximum atomic E-state index is 12.2. The van der Waals surface area contributed by atoms with Crippen molar-refractivity contribution in [3.8, 4) is 0 Å². The van der Waals surface area contributed by atoms with Gasteiger partial charge in [-0.05, 0) is 25.9 Å². The molecular formula is C7H15F2N3O2S. The maximum absolute atomic E-state index is 12.2. The molecule has 0 amide bonds. The summed E-state index contributed by atoms with van der Waals surface area (Å²) in [6.45, 7) is 0.434. The molecule has 1 rings (SSSR count). The monoisotopic (exact) mass is 243 g/mol. The maximum Gasteiger partial charge on any atom is 0.277 e. The standard InChI is InChI=1S/C7H15F2N3O2S/c8-7(9)5-12(15(10,13)14)6-1-3-11-4-2-6/h6-7,11H,1-5H2,(H2,10,13,14). The van der Waals surface area contributed by atoms with Crippen LogP contribution in [0.15, 0.2) is 0 Å². The smallest absolute Gasteiger partial charge is 0.277 e. The molecule has 3 N–H and O–H groups in total. The zero-order chi connectivity index (χ0) is 11.5. The molecule has 1 saturated heterocycles. The van der Waals surface area contributed by atoms with Gasteiger partial charge in [0.25, 0.3) is 16.6 Å². The van der Waals surface area contributed by atoms with E-state index >= 15 is 0 Å². The normalized spacial score (nSPS) is 20.1. The second-order valence-electron chi connectivity index (χ2n) is 3.49. The highest BCUT2D eigenvalue weighted by Crippen LogP contribution is 2.15. The molecule has 0 unspecified atom stereocenters. The fourth-order valence-corrected chi connectivity index (χ4v) is 2.64. The number of nitrogens with two attached hydrogens (primary N) is 1. The Balaban J connectivity index is 2.70. The third-order valence-corrected chi connectivity index (χ3v) is 3.46. The minimum Gasteiger partial charge on any atom is -0.317 e. The first-order valence-electron chi connectivity index (χ1n) is 4.69. The second kappa shape index (κ2) is 5.15. The van der Waals surface area contributed by atoms with Gasteiger partial charge in [0, 0.05) is 6.04 Å². The Bertz CT molecular complexity index is 291. The number of halogens is 2. The van der Waals surface area contributed by atoms with Gasteiger partial charge in [0.2, 0.25) is 0 Å². The lowest BCUT2D eigenvalue weighted by Crippen LogP contribution is -2.50. The number of nitrogens with one attached hydrogen (secondary N) is 1. The van der Waals surface area contributed by atoms with E-state index in [-0.39, 0.29) is 0 Å². The topological polar surface area (TPSA) is 75.4 Å². The van der Waals surface area contributed by atoms with Crippen LogP contribution >= 0.6 is 0 Å². The Kier molecular flexibility index (Phi) is 4.38. The van der Waals surface area contributed by atoms with Crippen molar-refractivity contribution in [3.05, 3.63) is 0 Å². The van der Waals surface area contributed by atoms with Crippen molar-refractivity contribution in [3.63, 3.8) is 0 Å². The summed E-state index contributed by atoms with van der Waals surface area (Å²) >= 11 is 0. The second-order valence-corrected chi connectivity index (χ2v) is 4.99. The highest BCUT2D eigenvalue weighted by molar-refractivity contribution is 7.86. The van der Waals surface area contributed by atoms with E-state index in [4.69, 9.17) is 5.14 Å². The minimum absolute atomic E-state index is 0.407. The molecule has 5 nitrogen and oxygen atoms in total. The van der Waals surface area contributed by atoms with Crippen LogP contribution in [-0.2, 0) is 10.2 Å². The predicted octanol–water partition coefficient (Wildman–Crippen LogP) is -0.491. The molecule has 8 heteroatoms. The summed E-state index contributed by atoms with van der Waals surface area (Å²) in [7, 11) is -4.03. The molecule has 0 bridgehead atoms. The van der Waals surface area contributed by atoms with Crippen molar-refractivity contribution in [2.75, 3.05) is 19.6 Å². The van der Waals surface area contributed by atoms with Crippen LogP contribution in [0.5, 0.6) is 0 Å². The van der Waals surface area contributed by atoms with E-state index in [9.17, 15) is 17.2 Å². The molecule has 0 aliphatic carbocycles. The summed E-state index contributed by atoms with van der Waals surface area (Å²) in [4.78, 5) is 0. The molecule has 0 radical (unpaired) electrons. The SMILES string of the molecule is NS(=O)(=O)N(CC(F)F)C1CCNCC1. The van der Waals surface area contributed by atoms with Crippen LogP contribution in [0.3, 0.4) is 0 Å².